The average molecular weight is 194 g/mol. The molecule has 0 radical (unpaired) electrons. The number of ether oxygens (including phenoxy) is 1. The number of benzene rings is 1. The first-order valence-electron chi connectivity index (χ1n) is 3.68. The summed E-state index contributed by atoms with van der Waals surface area (Å²) >= 11 is 5.90. The van der Waals surface area contributed by atoms with Gasteiger partial charge in [0.05, 0.1) is 24.3 Å². The number of hydrogen-bond donors (Lipinski definition) is 0. The van der Waals surface area contributed by atoms with Crippen LogP contribution in [0.15, 0.2) is 30.3 Å². The van der Waals surface area contributed by atoms with Crippen LogP contribution in [0.3, 0.4) is 0 Å². The molecule has 0 fully saturated rings. The molecule has 0 bridgehead atoms. The van der Waals surface area contributed by atoms with Gasteiger partial charge < -0.3 is 4.74 Å². The molecule has 0 heterocycles. The molecule has 3 heteroatoms. The van der Waals surface area contributed by atoms with Crippen LogP contribution in [0, 0.1) is 11.3 Å². The van der Waals surface area contributed by atoms with Crippen LogP contribution in [0.4, 0.5) is 0 Å². The molecule has 0 saturated carbocycles. The van der Waals surface area contributed by atoms with Crippen molar-refractivity contribution in [3.63, 3.8) is 0 Å². The average Bonchev–Trinajstić information content (AvgIpc) is 2.16. The monoisotopic (exact) mass is 193 g/mol. The zero-order valence-corrected chi connectivity index (χ0v) is 7.88. The number of halogens is 1. The molecule has 0 saturated heterocycles. The highest BCUT2D eigenvalue weighted by Crippen LogP contribution is 2.23. The Morgan fingerprint density at radius 2 is 2.23 bits per heavy atom. The predicted molar refractivity (Wildman–Crippen MR) is 52.1 cm³/mol. The lowest BCUT2D eigenvalue weighted by molar-refractivity contribution is 0.370. The van der Waals surface area contributed by atoms with E-state index in [1.165, 1.54) is 13.2 Å². The maximum atomic E-state index is 8.47. The molecule has 66 valence electrons. The maximum Gasteiger partial charge on any atom is 0.138 e. The van der Waals surface area contributed by atoms with Crippen LogP contribution in [0.25, 0.3) is 5.76 Å². The Morgan fingerprint density at radius 1 is 1.54 bits per heavy atom. The van der Waals surface area contributed by atoms with Gasteiger partial charge >= 0.3 is 0 Å². The molecule has 0 amide bonds. The minimum Gasteiger partial charge on any atom is -0.495 e. The quantitative estimate of drug-likeness (QED) is 0.535. The van der Waals surface area contributed by atoms with Crippen molar-refractivity contribution in [2.45, 2.75) is 0 Å². The van der Waals surface area contributed by atoms with Gasteiger partial charge in [-0.25, -0.2) is 0 Å². The van der Waals surface area contributed by atoms with Gasteiger partial charge in [-0.05, 0) is 12.1 Å². The van der Waals surface area contributed by atoms with Crippen LogP contribution >= 0.6 is 11.6 Å². The third kappa shape index (κ3) is 2.24. The van der Waals surface area contributed by atoms with Gasteiger partial charge in [0.2, 0.25) is 0 Å². The normalized spacial score (nSPS) is 10.7. The first-order chi connectivity index (χ1) is 6.29. The summed E-state index contributed by atoms with van der Waals surface area (Å²) in [5.74, 6) is 0.480. The van der Waals surface area contributed by atoms with Gasteiger partial charge in [0.15, 0.2) is 0 Å². The smallest absolute Gasteiger partial charge is 0.138 e. The van der Waals surface area contributed by atoms with E-state index in [0.717, 1.165) is 5.56 Å². The highest BCUT2D eigenvalue weighted by atomic mass is 35.5. The second kappa shape index (κ2) is 4.54. The Kier molecular flexibility index (Phi) is 3.36. The molecule has 0 atom stereocenters. The van der Waals surface area contributed by atoms with Crippen molar-refractivity contribution in [1.82, 2.24) is 0 Å². The molecular weight excluding hydrogens is 186 g/mol. The van der Waals surface area contributed by atoms with Crippen LogP contribution in [0.2, 0.25) is 5.02 Å². The second-order valence-corrected chi connectivity index (χ2v) is 2.73. The van der Waals surface area contributed by atoms with E-state index in [9.17, 15) is 0 Å². The van der Waals surface area contributed by atoms with E-state index < -0.39 is 0 Å². The minimum atomic E-state index is 0.480. The van der Waals surface area contributed by atoms with Gasteiger partial charge in [-0.2, -0.15) is 5.26 Å². The molecule has 0 aliphatic rings. The molecule has 0 N–H and O–H groups in total. The number of methoxy groups -OCH3 is 1. The topological polar surface area (TPSA) is 33.0 Å². The van der Waals surface area contributed by atoms with Crippen LogP contribution < -0.4 is 0 Å². The van der Waals surface area contributed by atoms with E-state index in [1.54, 1.807) is 12.1 Å². The summed E-state index contributed by atoms with van der Waals surface area (Å²) in [6.07, 6.45) is 1.32. The summed E-state index contributed by atoms with van der Waals surface area (Å²) in [6, 6.07) is 9.11. The standard InChI is InChI=1S/C10H8ClNO/c1-13-10(6-7-12)8-4-2-3-5-9(8)11/h2-6H,1H3. The first kappa shape index (κ1) is 9.63. The number of rotatable bonds is 2. The summed E-state index contributed by atoms with van der Waals surface area (Å²) < 4.78 is 5.01. The highest BCUT2D eigenvalue weighted by Gasteiger charge is 2.04. The molecule has 1 aromatic carbocycles. The van der Waals surface area contributed by atoms with Gasteiger partial charge in [-0.1, -0.05) is 23.7 Å². The van der Waals surface area contributed by atoms with Crippen molar-refractivity contribution >= 4 is 17.4 Å². The highest BCUT2D eigenvalue weighted by molar-refractivity contribution is 6.32. The lowest BCUT2D eigenvalue weighted by Gasteiger charge is -2.05. The number of nitriles is 1. The van der Waals surface area contributed by atoms with Crippen LogP contribution in [-0.4, -0.2) is 7.11 Å². The third-order valence-electron chi connectivity index (χ3n) is 1.55. The van der Waals surface area contributed by atoms with E-state index in [-0.39, 0.29) is 0 Å². The zero-order chi connectivity index (χ0) is 9.68. The third-order valence-corrected chi connectivity index (χ3v) is 1.88. The Hall–Kier alpha value is -1.46. The fraction of sp³-hybridized carbons (Fsp3) is 0.100. The largest absolute Gasteiger partial charge is 0.495 e. The van der Waals surface area contributed by atoms with Gasteiger partial charge in [-0.3, -0.25) is 0 Å². The first-order valence-corrected chi connectivity index (χ1v) is 4.06. The number of hydrogen-bond acceptors (Lipinski definition) is 2. The minimum absolute atomic E-state index is 0.480. The maximum absolute atomic E-state index is 8.47. The second-order valence-electron chi connectivity index (χ2n) is 2.32. The molecule has 13 heavy (non-hydrogen) atoms. The van der Waals surface area contributed by atoms with E-state index >= 15 is 0 Å². The molecule has 0 spiro atoms. The van der Waals surface area contributed by atoms with E-state index in [0.29, 0.717) is 10.8 Å². The molecule has 0 unspecified atom stereocenters. The molecule has 1 aromatic rings. The van der Waals surface area contributed by atoms with E-state index in [4.69, 9.17) is 21.6 Å². The SMILES string of the molecule is COC(=CC#N)c1ccccc1Cl. The van der Waals surface area contributed by atoms with Crippen LogP contribution in [0.1, 0.15) is 5.56 Å². The van der Waals surface area contributed by atoms with Crippen molar-refractivity contribution in [3.05, 3.63) is 40.9 Å². The van der Waals surface area contributed by atoms with Crippen molar-refractivity contribution in [3.8, 4) is 6.07 Å². The molecule has 0 aromatic heterocycles. The van der Waals surface area contributed by atoms with Crippen molar-refractivity contribution in [1.29, 1.82) is 5.26 Å². The van der Waals surface area contributed by atoms with Crippen molar-refractivity contribution < 1.29 is 4.74 Å². The Balaban J connectivity index is 3.14. The fourth-order valence-electron chi connectivity index (χ4n) is 0.966. The zero-order valence-electron chi connectivity index (χ0n) is 7.12. The van der Waals surface area contributed by atoms with Crippen molar-refractivity contribution in [2.75, 3.05) is 7.11 Å². The summed E-state index contributed by atoms with van der Waals surface area (Å²) in [7, 11) is 1.51. The van der Waals surface area contributed by atoms with E-state index in [2.05, 4.69) is 0 Å². The van der Waals surface area contributed by atoms with Gasteiger partial charge in [-0.15, -0.1) is 0 Å². The molecule has 0 aliphatic heterocycles. The van der Waals surface area contributed by atoms with Gasteiger partial charge in [0.1, 0.15) is 5.76 Å². The Labute approximate surface area is 82.0 Å². The number of nitrogens with zero attached hydrogens (tertiary/aromatic N) is 1. The molecular formula is C10H8ClNO. The molecule has 1 rings (SSSR count). The lowest BCUT2D eigenvalue weighted by Crippen LogP contribution is -1.87. The lowest BCUT2D eigenvalue weighted by atomic mass is 10.2. The number of allylic oxidation sites excluding steroid dienone is 1. The summed E-state index contributed by atoms with van der Waals surface area (Å²) in [6.45, 7) is 0. The van der Waals surface area contributed by atoms with Gasteiger partial charge in [0, 0.05) is 5.56 Å². The molecule has 0 aliphatic carbocycles. The Morgan fingerprint density at radius 3 is 2.77 bits per heavy atom. The summed E-state index contributed by atoms with van der Waals surface area (Å²) in [5, 5.41) is 9.05. The van der Waals surface area contributed by atoms with Gasteiger partial charge in [0.25, 0.3) is 0 Å². The molecule has 2 nitrogen and oxygen atoms in total. The van der Waals surface area contributed by atoms with Crippen LogP contribution in [-0.2, 0) is 4.74 Å². The Bertz CT molecular complexity index is 365. The van der Waals surface area contributed by atoms with Crippen LogP contribution in [0.5, 0.6) is 0 Å². The van der Waals surface area contributed by atoms with E-state index in [1.807, 2.05) is 18.2 Å². The predicted octanol–water partition coefficient (Wildman–Crippen LogP) is 2.85. The van der Waals surface area contributed by atoms with Crippen molar-refractivity contribution in [2.24, 2.45) is 0 Å². The summed E-state index contributed by atoms with van der Waals surface area (Å²) in [4.78, 5) is 0. The summed E-state index contributed by atoms with van der Waals surface area (Å²) in [5.41, 5.74) is 0.730. The fourth-order valence-corrected chi connectivity index (χ4v) is 1.20.